The van der Waals surface area contributed by atoms with Crippen LogP contribution in [0.15, 0.2) is 40.9 Å². The third-order valence-corrected chi connectivity index (χ3v) is 2.89. The van der Waals surface area contributed by atoms with E-state index in [0.717, 1.165) is 6.42 Å². The van der Waals surface area contributed by atoms with Gasteiger partial charge in [0.05, 0.1) is 14.2 Å². The zero-order valence-electron chi connectivity index (χ0n) is 16.6. The van der Waals surface area contributed by atoms with Crippen LogP contribution >= 0.6 is 0 Å². The standard InChI is InChI=1S/C9H18N8O2.C5H10O2/c1-8(14-10-2,15-11-3)9(16-12-4,17-13-5)7(18)19-6;1-3-4-5(6)7-2/h1-6H3;3-4H2,1-2H3. The molecule has 0 aliphatic heterocycles. The van der Waals surface area contributed by atoms with Gasteiger partial charge < -0.3 is 9.47 Å². The molecule has 0 N–H and O–H groups in total. The molecule has 26 heavy (non-hydrogen) atoms. The second kappa shape index (κ2) is 13.6. The number of hydrogen-bond donors (Lipinski definition) is 0. The van der Waals surface area contributed by atoms with E-state index in [4.69, 9.17) is 4.74 Å². The predicted octanol–water partition coefficient (Wildman–Crippen LogP) is 2.86. The van der Waals surface area contributed by atoms with Gasteiger partial charge in [-0.25, -0.2) is 4.79 Å². The van der Waals surface area contributed by atoms with Gasteiger partial charge in [-0.3, -0.25) is 4.79 Å². The van der Waals surface area contributed by atoms with E-state index < -0.39 is 17.3 Å². The van der Waals surface area contributed by atoms with Crippen LogP contribution in [0.25, 0.3) is 0 Å². The number of hydrogen-bond acceptors (Lipinski definition) is 12. The van der Waals surface area contributed by atoms with Crippen molar-refractivity contribution >= 4 is 11.9 Å². The summed E-state index contributed by atoms with van der Waals surface area (Å²) in [6, 6.07) is 0. The SMILES string of the molecule is CCCC(=O)OC.CN=NC(C)(N=NC)C(N=NC)(N=NC)C(=O)OC. The van der Waals surface area contributed by atoms with E-state index >= 15 is 0 Å². The minimum Gasteiger partial charge on any atom is -0.469 e. The highest BCUT2D eigenvalue weighted by Gasteiger charge is 2.59. The molecule has 0 heterocycles. The molecule has 0 atom stereocenters. The van der Waals surface area contributed by atoms with Gasteiger partial charge in [0.1, 0.15) is 0 Å². The number of esters is 2. The van der Waals surface area contributed by atoms with E-state index in [9.17, 15) is 9.59 Å². The van der Waals surface area contributed by atoms with E-state index in [1.807, 2.05) is 6.92 Å². The summed E-state index contributed by atoms with van der Waals surface area (Å²) in [7, 11) is 8.22. The number of carbonyl (C=O) groups is 2. The molecule has 0 aliphatic carbocycles. The Morgan fingerprint density at radius 2 is 1.23 bits per heavy atom. The molecule has 148 valence electrons. The van der Waals surface area contributed by atoms with Gasteiger partial charge in [-0.05, 0) is 13.3 Å². The molecule has 0 radical (unpaired) electrons. The van der Waals surface area contributed by atoms with Crippen molar-refractivity contribution < 1.29 is 19.1 Å². The fraction of sp³-hybridized carbons (Fsp3) is 0.857. The van der Waals surface area contributed by atoms with E-state index in [-0.39, 0.29) is 5.97 Å². The van der Waals surface area contributed by atoms with Crippen molar-refractivity contribution in [1.29, 1.82) is 0 Å². The maximum absolute atomic E-state index is 12.1. The second-order valence-electron chi connectivity index (χ2n) is 4.71. The highest BCUT2D eigenvalue weighted by Crippen LogP contribution is 2.35. The fourth-order valence-electron chi connectivity index (χ4n) is 1.77. The van der Waals surface area contributed by atoms with Gasteiger partial charge >= 0.3 is 17.6 Å². The van der Waals surface area contributed by atoms with Crippen LogP contribution in [0.5, 0.6) is 0 Å². The van der Waals surface area contributed by atoms with E-state index in [0.29, 0.717) is 6.42 Å². The smallest absolute Gasteiger partial charge is 0.365 e. The van der Waals surface area contributed by atoms with Gasteiger partial charge in [-0.2, -0.15) is 30.7 Å². The lowest BCUT2D eigenvalue weighted by Crippen LogP contribution is -2.53. The van der Waals surface area contributed by atoms with Crippen molar-refractivity contribution in [2.75, 3.05) is 42.4 Å². The Morgan fingerprint density at radius 1 is 0.808 bits per heavy atom. The third-order valence-electron chi connectivity index (χ3n) is 2.89. The Bertz CT molecular complexity index is 521. The molecule has 0 amide bonds. The van der Waals surface area contributed by atoms with Crippen LogP contribution in [0.2, 0.25) is 0 Å². The fourth-order valence-corrected chi connectivity index (χ4v) is 1.77. The van der Waals surface area contributed by atoms with Crippen molar-refractivity contribution in [2.24, 2.45) is 40.9 Å². The molecule has 0 spiro atoms. The molecule has 0 rings (SSSR count). The summed E-state index contributed by atoms with van der Waals surface area (Å²) in [4.78, 5) is 22.3. The van der Waals surface area contributed by atoms with Crippen molar-refractivity contribution in [3.63, 3.8) is 0 Å². The van der Waals surface area contributed by atoms with Crippen molar-refractivity contribution in [1.82, 2.24) is 0 Å². The van der Waals surface area contributed by atoms with Gasteiger partial charge in [-0.1, -0.05) is 6.92 Å². The first kappa shape index (κ1) is 25.6. The van der Waals surface area contributed by atoms with Crippen LogP contribution in [0.3, 0.4) is 0 Å². The lowest BCUT2D eigenvalue weighted by Gasteiger charge is -2.30. The number of azo groups is 4. The van der Waals surface area contributed by atoms with Crippen molar-refractivity contribution in [3.8, 4) is 0 Å². The molecule has 0 saturated carbocycles. The number of rotatable bonds is 8. The molecule has 0 aromatic carbocycles. The first-order valence-corrected chi connectivity index (χ1v) is 7.68. The Hall–Kier alpha value is -2.66. The summed E-state index contributed by atoms with van der Waals surface area (Å²) in [6.07, 6.45) is 1.41. The molecule has 12 heteroatoms. The molecule has 0 unspecified atom stereocenters. The summed E-state index contributed by atoms with van der Waals surface area (Å²) in [6.45, 7) is 3.42. The first-order valence-electron chi connectivity index (χ1n) is 7.68. The Labute approximate surface area is 153 Å². The lowest BCUT2D eigenvalue weighted by molar-refractivity contribution is -0.150. The van der Waals surface area contributed by atoms with Crippen LogP contribution in [0.1, 0.15) is 26.7 Å². The molecule has 0 bridgehead atoms. The number of methoxy groups -OCH3 is 2. The molecular weight excluding hydrogens is 344 g/mol. The molecule has 0 fully saturated rings. The Kier molecular flexibility index (Phi) is 13.4. The van der Waals surface area contributed by atoms with Gasteiger partial charge in [-0.15, -0.1) is 10.2 Å². The summed E-state index contributed by atoms with van der Waals surface area (Å²) in [5, 5.41) is 29.8. The van der Waals surface area contributed by atoms with Crippen LogP contribution in [0, 0.1) is 0 Å². The van der Waals surface area contributed by atoms with Crippen LogP contribution < -0.4 is 0 Å². The van der Waals surface area contributed by atoms with Crippen LogP contribution in [-0.4, -0.2) is 65.7 Å². The van der Waals surface area contributed by atoms with E-state index in [1.165, 1.54) is 49.3 Å². The largest absolute Gasteiger partial charge is 0.469 e. The Morgan fingerprint density at radius 3 is 1.46 bits per heavy atom. The summed E-state index contributed by atoms with van der Waals surface area (Å²) in [5.41, 5.74) is -3.44. The average Bonchev–Trinajstić information content (AvgIpc) is 2.61. The maximum atomic E-state index is 12.1. The number of nitrogens with zero attached hydrogens (tertiary/aromatic N) is 8. The maximum Gasteiger partial charge on any atom is 0.365 e. The Balaban J connectivity index is 0. The molecule has 0 aromatic heterocycles. The topological polar surface area (TPSA) is 151 Å². The van der Waals surface area contributed by atoms with Gasteiger partial charge in [0, 0.05) is 34.6 Å². The highest BCUT2D eigenvalue weighted by atomic mass is 16.5. The summed E-state index contributed by atoms with van der Waals surface area (Å²) < 4.78 is 9.06. The number of carbonyl (C=O) groups excluding carboxylic acids is 2. The van der Waals surface area contributed by atoms with Gasteiger partial charge in [0.2, 0.25) is 5.66 Å². The van der Waals surface area contributed by atoms with Crippen LogP contribution in [-0.2, 0) is 19.1 Å². The van der Waals surface area contributed by atoms with Crippen molar-refractivity contribution in [3.05, 3.63) is 0 Å². The van der Waals surface area contributed by atoms with Gasteiger partial charge in [0.25, 0.3) is 0 Å². The molecule has 0 aromatic rings. The monoisotopic (exact) mass is 372 g/mol. The zero-order chi connectivity index (χ0) is 20.6. The van der Waals surface area contributed by atoms with Crippen LogP contribution in [0.4, 0.5) is 0 Å². The first-order chi connectivity index (χ1) is 12.3. The minimum atomic E-state index is -1.90. The second-order valence-corrected chi connectivity index (χ2v) is 4.71. The van der Waals surface area contributed by atoms with E-state index in [1.54, 1.807) is 0 Å². The third kappa shape index (κ3) is 7.07. The van der Waals surface area contributed by atoms with Crippen molar-refractivity contribution in [2.45, 2.75) is 38.0 Å². The zero-order valence-corrected chi connectivity index (χ0v) is 16.6. The lowest BCUT2D eigenvalue weighted by atomic mass is 9.97. The molecular formula is C14H28N8O4. The quantitative estimate of drug-likeness (QED) is 0.475. The summed E-state index contributed by atoms with van der Waals surface area (Å²) >= 11 is 0. The normalized spacial score (nSPS) is 16.3. The molecule has 0 aliphatic rings. The molecule has 12 nitrogen and oxygen atoms in total. The molecule has 0 saturated heterocycles. The van der Waals surface area contributed by atoms with Gasteiger partial charge in [0.15, 0.2) is 0 Å². The average molecular weight is 372 g/mol. The highest BCUT2D eigenvalue weighted by molar-refractivity contribution is 5.82. The number of ether oxygens (including phenoxy) is 2. The predicted molar refractivity (Wildman–Crippen MR) is 93.2 cm³/mol. The minimum absolute atomic E-state index is 0.123. The summed E-state index contributed by atoms with van der Waals surface area (Å²) in [5.74, 6) is -0.937. The van der Waals surface area contributed by atoms with E-state index in [2.05, 4.69) is 45.7 Å².